The quantitative estimate of drug-likeness (QED) is 0.895. The molecule has 2 aliphatic heterocycles. The van der Waals surface area contributed by atoms with E-state index in [9.17, 15) is 0 Å². The largest absolute Gasteiger partial charge is 0.377 e. The average molecular weight is 261 g/mol. The van der Waals surface area contributed by atoms with Crippen LogP contribution >= 0.6 is 0 Å². The number of pyridine rings is 1. The summed E-state index contributed by atoms with van der Waals surface area (Å²) in [7, 11) is 0. The number of rotatable bonds is 3. The van der Waals surface area contributed by atoms with Crippen LogP contribution in [0.3, 0.4) is 0 Å². The number of aromatic nitrogens is 1. The van der Waals surface area contributed by atoms with Gasteiger partial charge in [-0.2, -0.15) is 0 Å². The highest BCUT2D eigenvalue weighted by Crippen LogP contribution is 2.29. The molecule has 104 valence electrons. The van der Waals surface area contributed by atoms with Crippen LogP contribution in [0.2, 0.25) is 0 Å². The van der Waals surface area contributed by atoms with Crippen LogP contribution in [0.25, 0.3) is 0 Å². The Morgan fingerprint density at radius 3 is 3.00 bits per heavy atom. The van der Waals surface area contributed by atoms with Crippen LogP contribution in [-0.2, 0) is 11.2 Å². The van der Waals surface area contributed by atoms with Crippen molar-refractivity contribution in [2.24, 2.45) is 0 Å². The monoisotopic (exact) mass is 261 g/mol. The van der Waals surface area contributed by atoms with E-state index in [-0.39, 0.29) is 5.54 Å². The van der Waals surface area contributed by atoms with Crippen molar-refractivity contribution in [3.05, 3.63) is 23.5 Å². The van der Waals surface area contributed by atoms with E-state index >= 15 is 0 Å². The Labute approximate surface area is 115 Å². The van der Waals surface area contributed by atoms with Gasteiger partial charge in [0.05, 0.1) is 18.8 Å². The molecule has 0 unspecified atom stereocenters. The Morgan fingerprint density at radius 2 is 2.32 bits per heavy atom. The van der Waals surface area contributed by atoms with Crippen molar-refractivity contribution < 1.29 is 4.74 Å². The normalized spacial score (nSPS) is 21.5. The maximum Gasteiger partial charge on any atom is 0.0831 e. The van der Waals surface area contributed by atoms with Crippen molar-refractivity contribution in [1.82, 2.24) is 10.3 Å². The van der Waals surface area contributed by atoms with Crippen LogP contribution in [-0.4, -0.2) is 43.4 Å². The minimum atomic E-state index is 0.193. The first kappa shape index (κ1) is 12.9. The molecular formula is C15H23N3O. The Morgan fingerprint density at radius 1 is 1.47 bits per heavy atom. The zero-order chi connectivity index (χ0) is 13.3. The molecule has 0 amide bonds. The fourth-order valence-corrected chi connectivity index (χ4v) is 3.14. The number of aryl methyl sites for hydroxylation is 1. The molecule has 0 atom stereocenters. The summed E-state index contributed by atoms with van der Waals surface area (Å²) in [6.07, 6.45) is 4.22. The van der Waals surface area contributed by atoms with E-state index in [0.29, 0.717) is 0 Å². The van der Waals surface area contributed by atoms with E-state index < -0.39 is 0 Å². The van der Waals surface area contributed by atoms with Crippen LogP contribution in [0, 0.1) is 6.92 Å². The van der Waals surface area contributed by atoms with Gasteiger partial charge in [-0.3, -0.25) is 4.98 Å². The van der Waals surface area contributed by atoms with Crippen molar-refractivity contribution in [3.63, 3.8) is 0 Å². The summed E-state index contributed by atoms with van der Waals surface area (Å²) < 4.78 is 5.40. The van der Waals surface area contributed by atoms with Crippen LogP contribution in [0.15, 0.2) is 12.3 Å². The van der Waals surface area contributed by atoms with Gasteiger partial charge in [-0.25, -0.2) is 0 Å². The van der Waals surface area contributed by atoms with Gasteiger partial charge < -0.3 is 15.0 Å². The second kappa shape index (κ2) is 5.10. The van der Waals surface area contributed by atoms with Crippen molar-refractivity contribution >= 4 is 5.69 Å². The second-order valence-corrected chi connectivity index (χ2v) is 5.77. The Kier molecular flexibility index (Phi) is 3.46. The number of nitrogens with zero attached hydrogens (tertiary/aromatic N) is 2. The first-order valence-electron chi connectivity index (χ1n) is 7.26. The molecule has 0 aliphatic carbocycles. The molecule has 19 heavy (non-hydrogen) atoms. The highest BCUT2D eigenvalue weighted by atomic mass is 16.5. The van der Waals surface area contributed by atoms with Gasteiger partial charge >= 0.3 is 0 Å². The van der Waals surface area contributed by atoms with E-state index in [1.54, 1.807) is 0 Å². The predicted octanol–water partition coefficient (Wildman–Crippen LogP) is 1.52. The third-order valence-corrected chi connectivity index (χ3v) is 4.22. The summed E-state index contributed by atoms with van der Waals surface area (Å²) in [5, 5.41) is 3.62. The molecule has 3 rings (SSSR count). The first-order valence-corrected chi connectivity index (χ1v) is 7.26. The summed E-state index contributed by atoms with van der Waals surface area (Å²) in [6.45, 7) is 9.20. The molecule has 4 nitrogen and oxygen atoms in total. The predicted molar refractivity (Wildman–Crippen MR) is 76.7 cm³/mol. The van der Waals surface area contributed by atoms with Crippen molar-refractivity contribution in [1.29, 1.82) is 0 Å². The molecule has 0 radical (unpaired) electrons. The third kappa shape index (κ3) is 2.35. The minimum absolute atomic E-state index is 0.193. The average Bonchev–Trinajstić information content (AvgIpc) is 2.40. The minimum Gasteiger partial charge on any atom is -0.377 e. The van der Waals surface area contributed by atoms with Crippen LogP contribution < -0.4 is 10.2 Å². The Hall–Kier alpha value is -1.13. The third-order valence-electron chi connectivity index (χ3n) is 4.22. The second-order valence-electron chi connectivity index (χ2n) is 5.77. The number of piperazine rings is 1. The molecule has 2 aliphatic rings. The Balaban J connectivity index is 1.86. The summed E-state index contributed by atoms with van der Waals surface area (Å²) in [6, 6.07) is 2.18. The van der Waals surface area contributed by atoms with E-state index in [0.717, 1.165) is 39.3 Å². The van der Waals surface area contributed by atoms with Crippen LogP contribution in [0.4, 0.5) is 5.69 Å². The van der Waals surface area contributed by atoms with Gasteiger partial charge in [0.1, 0.15) is 0 Å². The van der Waals surface area contributed by atoms with E-state index in [2.05, 4.69) is 35.1 Å². The Bertz CT molecular complexity index is 457. The van der Waals surface area contributed by atoms with Gasteiger partial charge in [0.25, 0.3) is 0 Å². The highest BCUT2D eigenvalue weighted by Gasteiger charge is 2.42. The number of nitrogens with one attached hydrogen (secondary N) is 1. The van der Waals surface area contributed by atoms with Gasteiger partial charge in [0, 0.05) is 37.2 Å². The standard InChI is InChI=1S/C15H23N3O/c1-3-4-13-12(2)16-6-5-14(13)18-8-7-17-15(9-18)10-19-11-15/h5-6,17H,3-4,7-11H2,1-2H3. The van der Waals surface area contributed by atoms with E-state index in [1.165, 1.54) is 23.4 Å². The van der Waals surface area contributed by atoms with Gasteiger partial charge in [0.2, 0.25) is 0 Å². The number of hydrogen-bond donors (Lipinski definition) is 1. The summed E-state index contributed by atoms with van der Waals surface area (Å²) >= 11 is 0. The molecule has 1 N–H and O–H groups in total. The van der Waals surface area contributed by atoms with E-state index in [1.807, 2.05) is 6.20 Å². The number of ether oxygens (including phenoxy) is 1. The zero-order valence-corrected chi connectivity index (χ0v) is 11.9. The molecule has 1 spiro atoms. The van der Waals surface area contributed by atoms with Gasteiger partial charge in [-0.1, -0.05) is 13.3 Å². The lowest BCUT2D eigenvalue weighted by molar-refractivity contribution is -0.0743. The van der Waals surface area contributed by atoms with Gasteiger partial charge in [-0.05, 0) is 25.0 Å². The van der Waals surface area contributed by atoms with Crippen molar-refractivity contribution in [3.8, 4) is 0 Å². The molecule has 4 heteroatoms. The number of anilines is 1. The van der Waals surface area contributed by atoms with Crippen molar-refractivity contribution in [2.75, 3.05) is 37.7 Å². The number of hydrogen-bond acceptors (Lipinski definition) is 4. The van der Waals surface area contributed by atoms with Crippen LogP contribution in [0.1, 0.15) is 24.6 Å². The molecule has 0 saturated carbocycles. The molecule has 0 aromatic carbocycles. The maximum atomic E-state index is 5.40. The summed E-state index contributed by atoms with van der Waals surface area (Å²) in [4.78, 5) is 6.97. The lowest BCUT2D eigenvalue weighted by atomic mass is 9.93. The zero-order valence-electron chi connectivity index (χ0n) is 11.9. The molecule has 2 fully saturated rings. The SMILES string of the molecule is CCCc1c(N2CCNC3(COC3)C2)ccnc1C. The topological polar surface area (TPSA) is 37.4 Å². The van der Waals surface area contributed by atoms with Gasteiger partial charge in [0.15, 0.2) is 0 Å². The van der Waals surface area contributed by atoms with Gasteiger partial charge in [-0.15, -0.1) is 0 Å². The molecule has 0 bridgehead atoms. The highest BCUT2D eigenvalue weighted by molar-refractivity contribution is 5.55. The molecule has 2 saturated heterocycles. The fraction of sp³-hybridized carbons (Fsp3) is 0.667. The van der Waals surface area contributed by atoms with Crippen LogP contribution in [0.5, 0.6) is 0 Å². The first-order chi connectivity index (χ1) is 9.24. The molecular weight excluding hydrogens is 238 g/mol. The van der Waals surface area contributed by atoms with Crippen molar-refractivity contribution in [2.45, 2.75) is 32.2 Å². The maximum absolute atomic E-state index is 5.40. The smallest absolute Gasteiger partial charge is 0.0831 e. The lowest BCUT2D eigenvalue weighted by Gasteiger charge is -2.49. The van der Waals surface area contributed by atoms with E-state index in [4.69, 9.17) is 4.74 Å². The lowest BCUT2D eigenvalue weighted by Crippen LogP contribution is -2.70. The molecule has 1 aromatic heterocycles. The summed E-state index contributed by atoms with van der Waals surface area (Å²) in [5.41, 5.74) is 4.17. The summed E-state index contributed by atoms with van der Waals surface area (Å²) in [5.74, 6) is 0. The molecule has 1 aromatic rings. The fourth-order valence-electron chi connectivity index (χ4n) is 3.14. The molecule has 3 heterocycles.